The Labute approximate surface area is 135 Å². The summed E-state index contributed by atoms with van der Waals surface area (Å²) in [7, 11) is 0. The van der Waals surface area contributed by atoms with E-state index in [2.05, 4.69) is 25.1 Å². The molecule has 3 heterocycles. The summed E-state index contributed by atoms with van der Waals surface area (Å²) in [5.74, 6) is 0.912. The van der Waals surface area contributed by atoms with Gasteiger partial charge in [0.25, 0.3) is 5.91 Å². The first-order valence-electron chi connectivity index (χ1n) is 7.23. The fourth-order valence-electron chi connectivity index (χ4n) is 2.82. The molecular formula is C15H13F2N3O4. The van der Waals surface area contributed by atoms with Crippen molar-refractivity contribution in [1.29, 1.82) is 0 Å². The molecular weight excluding hydrogens is 324 g/mol. The van der Waals surface area contributed by atoms with E-state index in [0.717, 1.165) is 0 Å². The number of ether oxygens (including phenoxy) is 2. The number of amides is 1. The molecule has 0 aromatic carbocycles. The average molecular weight is 337 g/mol. The number of guanidine groups is 1. The molecule has 0 saturated carbocycles. The zero-order valence-electron chi connectivity index (χ0n) is 12.7. The summed E-state index contributed by atoms with van der Waals surface area (Å²) in [6.07, 6.45) is -0.773. The molecule has 1 aromatic heterocycles. The molecule has 1 amide bonds. The molecule has 7 nitrogen and oxygen atoms in total. The molecule has 0 radical (unpaired) electrons. The minimum atomic E-state index is -3.66. The number of nitrogens with one attached hydrogen (secondary N) is 2. The number of halogens is 2. The molecule has 3 aliphatic rings. The van der Waals surface area contributed by atoms with E-state index in [4.69, 9.17) is 4.42 Å². The summed E-state index contributed by atoms with van der Waals surface area (Å²) in [5, 5.41) is 5.59. The van der Waals surface area contributed by atoms with E-state index >= 15 is 0 Å². The number of hydrogen-bond acceptors (Lipinski definition) is 6. The SMILES string of the molecule is Cc1cc(C(=O)NC2=NC3C=C4OC(F)(F)OC4=CC3N2)c(C)o1. The van der Waals surface area contributed by atoms with Crippen LogP contribution in [0.5, 0.6) is 0 Å². The Bertz CT molecular complexity index is 825. The van der Waals surface area contributed by atoms with Crippen molar-refractivity contribution in [3.05, 3.63) is 46.8 Å². The maximum Gasteiger partial charge on any atom is 0.586 e. The minimum Gasteiger partial charge on any atom is -0.466 e. The number of fused-ring (bicyclic) bond motifs is 2. The monoisotopic (exact) mass is 337 g/mol. The van der Waals surface area contributed by atoms with Gasteiger partial charge in [0.15, 0.2) is 17.5 Å². The lowest BCUT2D eigenvalue weighted by molar-refractivity contribution is -0.326. The van der Waals surface area contributed by atoms with Crippen LogP contribution in [0.4, 0.5) is 8.78 Å². The van der Waals surface area contributed by atoms with E-state index < -0.39 is 18.4 Å². The van der Waals surface area contributed by atoms with Crippen molar-refractivity contribution >= 4 is 11.9 Å². The van der Waals surface area contributed by atoms with Crippen molar-refractivity contribution in [2.24, 2.45) is 4.99 Å². The van der Waals surface area contributed by atoms with Crippen LogP contribution < -0.4 is 10.6 Å². The van der Waals surface area contributed by atoms with Gasteiger partial charge in [-0.3, -0.25) is 10.1 Å². The van der Waals surface area contributed by atoms with Crippen LogP contribution in [0.2, 0.25) is 0 Å². The molecule has 1 saturated heterocycles. The van der Waals surface area contributed by atoms with Crippen LogP contribution in [-0.2, 0) is 9.47 Å². The standard InChI is InChI=1S/C15H13F2N3O4/c1-6-3-8(7(2)22-6)13(21)20-14-18-9-4-11-12(5-10(9)19-14)24-15(16,17)23-11/h3-5,9-10H,1-2H3,(H2,18,19,20,21). The molecule has 24 heavy (non-hydrogen) atoms. The molecule has 9 heteroatoms. The summed E-state index contributed by atoms with van der Waals surface area (Å²) in [4.78, 5) is 16.5. The number of hydrogen-bond donors (Lipinski definition) is 2. The van der Waals surface area contributed by atoms with Gasteiger partial charge >= 0.3 is 6.29 Å². The van der Waals surface area contributed by atoms with Crippen molar-refractivity contribution in [3.8, 4) is 0 Å². The van der Waals surface area contributed by atoms with Crippen LogP contribution in [0.25, 0.3) is 0 Å². The highest BCUT2D eigenvalue weighted by atomic mass is 19.3. The largest absolute Gasteiger partial charge is 0.586 e. The quantitative estimate of drug-likeness (QED) is 0.815. The van der Waals surface area contributed by atoms with Gasteiger partial charge in [0.2, 0.25) is 0 Å². The molecule has 1 aromatic rings. The lowest BCUT2D eigenvalue weighted by Crippen LogP contribution is -2.42. The van der Waals surface area contributed by atoms with Crippen LogP contribution >= 0.6 is 0 Å². The normalized spacial score (nSPS) is 26.1. The van der Waals surface area contributed by atoms with E-state index in [9.17, 15) is 13.6 Å². The van der Waals surface area contributed by atoms with E-state index in [1.54, 1.807) is 19.9 Å². The van der Waals surface area contributed by atoms with Crippen molar-refractivity contribution in [2.75, 3.05) is 0 Å². The van der Waals surface area contributed by atoms with Crippen LogP contribution in [0, 0.1) is 13.8 Å². The molecule has 0 spiro atoms. The second-order valence-electron chi connectivity index (χ2n) is 5.65. The maximum absolute atomic E-state index is 13.1. The topological polar surface area (TPSA) is 85.1 Å². The summed E-state index contributed by atoms with van der Waals surface area (Å²) >= 11 is 0. The number of aryl methyl sites for hydroxylation is 2. The number of nitrogens with zero attached hydrogens (tertiary/aromatic N) is 1. The van der Waals surface area contributed by atoms with Gasteiger partial charge < -0.3 is 19.2 Å². The van der Waals surface area contributed by atoms with Gasteiger partial charge in [-0.2, -0.15) is 0 Å². The maximum atomic E-state index is 13.1. The van der Waals surface area contributed by atoms with Gasteiger partial charge in [-0.15, -0.1) is 8.78 Å². The third kappa shape index (κ3) is 2.41. The molecule has 2 unspecified atom stereocenters. The van der Waals surface area contributed by atoms with Crippen LogP contribution in [-0.4, -0.2) is 30.2 Å². The van der Waals surface area contributed by atoms with Crippen molar-refractivity contribution in [2.45, 2.75) is 32.2 Å². The van der Waals surface area contributed by atoms with Crippen molar-refractivity contribution < 1.29 is 27.5 Å². The number of carbonyl (C=O) groups is 1. The Kier molecular flexibility index (Phi) is 2.96. The summed E-state index contributed by atoms with van der Waals surface area (Å²) in [6, 6.07) is 0.762. The second-order valence-corrected chi connectivity index (χ2v) is 5.65. The summed E-state index contributed by atoms with van der Waals surface area (Å²) in [6.45, 7) is 3.44. The van der Waals surface area contributed by atoms with E-state index in [-0.39, 0.29) is 23.4 Å². The smallest absolute Gasteiger partial charge is 0.466 e. The first-order chi connectivity index (χ1) is 11.3. The molecule has 1 aliphatic carbocycles. The number of alkyl halides is 2. The fourth-order valence-corrected chi connectivity index (χ4v) is 2.82. The number of rotatable bonds is 1. The summed E-state index contributed by atoms with van der Waals surface area (Å²) < 4.78 is 40.2. The third-order valence-corrected chi connectivity index (χ3v) is 3.82. The van der Waals surface area contributed by atoms with Crippen LogP contribution in [0.15, 0.2) is 39.1 Å². The molecule has 126 valence electrons. The highest BCUT2D eigenvalue weighted by Gasteiger charge is 2.48. The van der Waals surface area contributed by atoms with Crippen LogP contribution in [0.1, 0.15) is 21.9 Å². The van der Waals surface area contributed by atoms with Gasteiger partial charge in [-0.05, 0) is 32.1 Å². The minimum absolute atomic E-state index is 0.0437. The van der Waals surface area contributed by atoms with E-state index in [0.29, 0.717) is 17.1 Å². The Morgan fingerprint density at radius 2 is 2.00 bits per heavy atom. The van der Waals surface area contributed by atoms with Gasteiger partial charge in [-0.25, -0.2) is 4.99 Å². The van der Waals surface area contributed by atoms with E-state index in [1.807, 2.05) is 0 Å². The lowest BCUT2D eigenvalue weighted by Gasteiger charge is -2.16. The molecule has 4 rings (SSSR count). The average Bonchev–Trinajstić information content (AvgIpc) is 3.08. The molecule has 2 N–H and O–H groups in total. The Morgan fingerprint density at radius 3 is 2.67 bits per heavy atom. The van der Waals surface area contributed by atoms with Gasteiger partial charge in [0, 0.05) is 0 Å². The Hall–Kier alpha value is -2.84. The zero-order chi connectivity index (χ0) is 17.1. The molecule has 2 atom stereocenters. The highest BCUT2D eigenvalue weighted by molar-refractivity contribution is 6.07. The predicted molar refractivity (Wildman–Crippen MR) is 77.1 cm³/mol. The van der Waals surface area contributed by atoms with Gasteiger partial charge in [0.1, 0.15) is 11.5 Å². The summed E-state index contributed by atoms with van der Waals surface area (Å²) in [5.41, 5.74) is 0.409. The number of carbonyl (C=O) groups excluding carboxylic acids is 1. The van der Waals surface area contributed by atoms with Crippen molar-refractivity contribution in [3.63, 3.8) is 0 Å². The lowest BCUT2D eigenvalue weighted by atomic mass is 10.0. The molecule has 2 aliphatic heterocycles. The first-order valence-corrected chi connectivity index (χ1v) is 7.23. The Morgan fingerprint density at radius 1 is 1.29 bits per heavy atom. The third-order valence-electron chi connectivity index (χ3n) is 3.82. The fraction of sp³-hybridized carbons (Fsp3) is 0.333. The molecule has 1 fully saturated rings. The van der Waals surface area contributed by atoms with Gasteiger partial charge in [-0.1, -0.05) is 0 Å². The zero-order valence-corrected chi connectivity index (χ0v) is 12.7. The number of aliphatic imine (C=N–C) groups is 1. The van der Waals surface area contributed by atoms with Crippen molar-refractivity contribution in [1.82, 2.24) is 10.6 Å². The second kappa shape index (κ2) is 4.83. The number of furan rings is 1. The Balaban J connectivity index is 1.50. The molecule has 0 bridgehead atoms. The van der Waals surface area contributed by atoms with E-state index in [1.165, 1.54) is 12.2 Å². The first kappa shape index (κ1) is 14.7. The predicted octanol–water partition coefficient (Wildman–Crippen LogP) is 1.70. The van der Waals surface area contributed by atoms with Crippen LogP contribution in [0.3, 0.4) is 0 Å². The highest BCUT2D eigenvalue weighted by Crippen LogP contribution is 2.39. The van der Waals surface area contributed by atoms with Gasteiger partial charge in [0.05, 0.1) is 17.6 Å².